The van der Waals surface area contributed by atoms with Gasteiger partial charge in [-0.1, -0.05) is 23.5 Å². The highest BCUT2D eigenvalue weighted by Crippen LogP contribution is 2.39. The molecule has 16 heteroatoms. The molecule has 0 spiro atoms. The number of sulfonamides is 1. The van der Waals surface area contributed by atoms with Crippen LogP contribution < -0.4 is 24.9 Å². The number of fused-ring (bicyclic) bond motifs is 1. The van der Waals surface area contributed by atoms with Crippen molar-refractivity contribution < 1.29 is 37.0 Å². The summed E-state index contributed by atoms with van der Waals surface area (Å²) in [6, 6.07) is 19.5. The van der Waals surface area contributed by atoms with Crippen molar-refractivity contribution in [1.29, 1.82) is 0 Å². The van der Waals surface area contributed by atoms with Crippen LogP contribution >= 0.6 is 23.1 Å². The maximum Gasteiger partial charge on any atom is 0.273 e. The molecule has 1 aliphatic rings. The van der Waals surface area contributed by atoms with Crippen molar-refractivity contribution in [2.45, 2.75) is 10.3 Å². The fourth-order valence-corrected chi connectivity index (χ4v) is 8.08. The third-order valence-corrected chi connectivity index (χ3v) is 10.8. The highest BCUT2D eigenvalue weighted by Gasteiger charge is 2.35. The van der Waals surface area contributed by atoms with E-state index in [2.05, 4.69) is 20.4 Å². The molecule has 1 aliphatic heterocycles. The Labute approximate surface area is 276 Å². The smallest absolute Gasteiger partial charge is 0.273 e. The number of carbonyl (C=O) groups excluding carboxylic acids is 2. The number of hydrogen-bond acceptors (Lipinski definition) is 11. The zero-order chi connectivity index (χ0) is 33.3. The molecule has 2 amide bonds. The van der Waals surface area contributed by atoms with Gasteiger partial charge in [0.15, 0.2) is 5.13 Å². The topological polar surface area (TPSA) is 159 Å². The summed E-state index contributed by atoms with van der Waals surface area (Å²) in [5.74, 6) is -0.831. The number of methoxy groups -OCH3 is 2. The molecule has 242 valence electrons. The van der Waals surface area contributed by atoms with Gasteiger partial charge in [0, 0.05) is 5.69 Å². The van der Waals surface area contributed by atoms with E-state index >= 15 is 0 Å². The standard InChI is InChI=1S/C31H26FN5O7S3/c1-43-20-9-5-18(6-10-20)33-27-23(32)12-13-24-28(27)46-31(34-24)36-47(41,42)21-11-14-25(44-2)22(15-21)29(40)35-37-26(39)16-45-30(37)17-3-7-19(38)8-4-17/h3-15,30,33,38H,16H2,1-2H3,(H,34,36)(H,35,40). The molecule has 12 nitrogen and oxygen atoms in total. The third-order valence-electron chi connectivity index (χ3n) is 7.08. The number of rotatable bonds is 10. The van der Waals surface area contributed by atoms with E-state index < -0.39 is 27.1 Å². The van der Waals surface area contributed by atoms with Gasteiger partial charge in [0.1, 0.15) is 28.4 Å². The number of halogens is 1. The van der Waals surface area contributed by atoms with Crippen molar-refractivity contribution >= 4 is 71.7 Å². The van der Waals surface area contributed by atoms with Crippen molar-refractivity contribution in [2.24, 2.45) is 0 Å². The zero-order valence-corrected chi connectivity index (χ0v) is 27.1. The van der Waals surface area contributed by atoms with Gasteiger partial charge >= 0.3 is 0 Å². The number of ether oxygens (including phenoxy) is 2. The van der Waals surface area contributed by atoms with Gasteiger partial charge in [-0.05, 0) is 72.3 Å². The highest BCUT2D eigenvalue weighted by molar-refractivity contribution is 8.00. The van der Waals surface area contributed by atoms with Crippen molar-refractivity contribution in [2.75, 3.05) is 30.0 Å². The van der Waals surface area contributed by atoms with E-state index in [4.69, 9.17) is 9.47 Å². The van der Waals surface area contributed by atoms with Gasteiger partial charge in [-0.3, -0.25) is 19.7 Å². The Kier molecular flexibility index (Phi) is 8.81. The number of hydrazine groups is 1. The second-order valence-corrected chi connectivity index (χ2v) is 13.8. The van der Waals surface area contributed by atoms with Crippen LogP contribution in [0.4, 0.5) is 20.9 Å². The van der Waals surface area contributed by atoms with E-state index in [1.54, 1.807) is 36.4 Å². The van der Waals surface area contributed by atoms with Gasteiger partial charge < -0.3 is 19.9 Å². The lowest BCUT2D eigenvalue weighted by atomic mass is 10.2. The lowest BCUT2D eigenvalue weighted by molar-refractivity contribution is -0.130. The number of aromatic hydroxyl groups is 1. The summed E-state index contributed by atoms with van der Waals surface area (Å²) in [4.78, 5) is 30.2. The Morgan fingerprint density at radius 2 is 1.77 bits per heavy atom. The van der Waals surface area contributed by atoms with Crippen LogP contribution in [0.1, 0.15) is 21.3 Å². The molecular weight excluding hydrogens is 670 g/mol. The van der Waals surface area contributed by atoms with Crippen LogP contribution in [-0.4, -0.2) is 55.3 Å². The Bertz CT molecular complexity index is 2090. The van der Waals surface area contributed by atoms with Gasteiger partial charge in [0.25, 0.3) is 21.8 Å². The Morgan fingerprint density at radius 3 is 2.47 bits per heavy atom. The van der Waals surface area contributed by atoms with E-state index in [1.165, 1.54) is 62.4 Å². The minimum Gasteiger partial charge on any atom is -0.508 e. The van der Waals surface area contributed by atoms with E-state index in [1.807, 2.05) is 0 Å². The van der Waals surface area contributed by atoms with Crippen LogP contribution in [0.3, 0.4) is 0 Å². The number of thiazole rings is 1. The Hall–Kier alpha value is -5.06. The molecule has 6 rings (SSSR count). The van der Waals surface area contributed by atoms with Crippen molar-refractivity contribution in [1.82, 2.24) is 15.4 Å². The van der Waals surface area contributed by atoms with Crippen LogP contribution in [0.25, 0.3) is 10.2 Å². The van der Waals surface area contributed by atoms with Gasteiger partial charge in [0.05, 0.1) is 46.3 Å². The summed E-state index contributed by atoms with van der Waals surface area (Å²) in [5, 5.41) is 13.2. The van der Waals surface area contributed by atoms with E-state index in [0.717, 1.165) is 22.4 Å². The zero-order valence-electron chi connectivity index (χ0n) is 24.7. The molecule has 47 heavy (non-hydrogen) atoms. The molecule has 4 N–H and O–H groups in total. The number of phenols is 1. The molecule has 1 fully saturated rings. The second kappa shape index (κ2) is 13.0. The molecule has 1 atom stereocenters. The highest BCUT2D eigenvalue weighted by atomic mass is 32.2. The van der Waals surface area contributed by atoms with E-state index in [-0.39, 0.29) is 44.4 Å². The fourth-order valence-electron chi connectivity index (χ4n) is 4.75. The first-order valence-corrected chi connectivity index (χ1v) is 17.2. The largest absolute Gasteiger partial charge is 0.508 e. The summed E-state index contributed by atoms with van der Waals surface area (Å²) in [5.41, 5.74) is 4.17. The first-order valence-electron chi connectivity index (χ1n) is 13.8. The molecule has 0 aliphatic carbocycles. The maximum atomic E-state index is 14.9. The molecule has 1 unspecified atom stereocenters. The van der Waals surface area contributed by atoms with Crippen LogP contribution in [0, 0.1) is 5.82 Å². The molecule has 2 heterocycles. The molecule has 0 saturated carbocycles. The molecule has 5 aromatic rings. The number of nitrogens with one attached hydrogen (secondary N) is 3. The van der Waals surface area contributed by atoms with Crippen LogP contribution in [-0.2, 0) is 14.8 Å². The number of anilines is 3. The number of aromatic nitrogens is 1. The number of phenolic OH excluding ortho intramolecular Hbond substituents is 1. The molecule has 4 aromatic carbocycles. The van der Waals surface area contributed by atoms with Crippen LogP contribution in [0.2, 0.25) is 0 Å². The lowest BCUT2D eigenvalue weighted by Gasteiger charge is -2.25. The first-order chi connectivity index (χ1) is 22.6. The van der Waals surface area contributed by atoms with Gasteiger partial charge in [-0.2, -0.15) is 0 Å². The average molecular weight is 696 g/mol. The normalized spacial score (nSPS) is 14.7. The summed E-state index contributed by atoms with van der Waals surface area (Å²) < 4.78 is 55.2. The third kappa shape index (κ3) is 6.61. The van der Waals surface area contributed by atoms with Crippen LogP contribution in [0.5, 0.6) is 17.2 Å². The predicted molar refractivity (Wildman–Crippen MR) is 177 cm³/mol. The van der Waals surface area contributed by atoms with E-state index in [0.29, 0.717) is 27.2 Å². The first kappa shape index (κ1) is 31.9. The lowest BCUT2D eigenvalue weighted by Crippen LogP contribution is -2.44. The fraction of sp³-hybridized carbons (Fsp3) is 0.129. The minimum absolute atomic E-state index is 0.0263. The van der Waals surface area contributed by atoms with E-state index in [9.17, 15) is 27.5 Å². The van der Waals surface area contributed by atoms with Crippen molar-refractivity contribution in [3.8, 4) is 17.2 Å². The minimum atomic E-state index is -4.30. The molecule has 0 radical (unpaired) electrons. The molecule has 1 saturated heterocycles. The Balaban J connectivity index is 1.25. The summed E-state index contributed by atoms with van der Waals surface area (Å²) in [6.45, 7) is 0. The number of thioether (sulfide) groups is 1. The second-order valence-electron chi connectivity index (χ2n) is 10.1. The quantitative estimate of drug-likeness (QED) is 0.144. The van der Waals surface area contributed by atoms with Gasteiger partial charge in [-0.15, -0.1) is 11.8 Å². The Morgan fingerprint density at radius 1 is 1.02 bits per heavy atom. The van der Waals surface area contributed by atoms with Gasteiger partial charge in [-0.25, -0.2) is 22.8 Å². The SMILES string of the molecule is COc1ccc(Nc2c(F)ccc3nc(NS(=O)(=O)c4ccc(OC)c(C(=O)NN5C(=O)CSC5c5ccc(O)cc5)c4)sc23)cc1. The number of hydrogen-bond donors (Lipinski definition) is 4. The molecule has 1 aromatic heterocycles. The number of carbonyl (C=O) groups is 2. The summed E-state index contributed by atoms with van der Waals surface area (Å²) in [7, 11) is -1.44. The summed E-state index contributed by atoms with van der Waals surface area (Å²) in [6.07, 6.45) is 0. The molecular formula is C31H26FN5O7S3. The number of benzene rings is 4. The maximum absolute atomic E-state index is 14.9. The number of amides is 2. The predicted octanol–water partition coefficient (Wildman–Crippen LogP) is 5.62. The van der Waals surface area contributed by atoms with Crippen molar-refractivity contribution in [3.05, 3.63) is 95.8 Å². The monoisotopic (exact) mass is 695 g/mol. The molecule has 0 bridgehead atoms. The average Bonchev–Trinajstić information content (AvgIpc) is 3.64. The number of nitrogens with zero attached hydrogens (tertiary/aromatic N) is 2. The van der Waals surface area contributed by atoms with Gasteiger partial charge in [0.2, 0.25) is 0 Å². The summed E-state index contributed by atoms with van der Waals surface area (Å²) >= 11 is 2.21. The van der Waals surface area contributed by atoms with Crippen LogP contribution in [0.15, 0.2) is 83.8 Å². The van der Waals surface area contributed by atoms with Crippen molar-refractivity contribution in [3.63, 3.8) is 0 Å².